The van der Waals surface area contributed by atoms with Crippen molar-refractivity contribution in [2.75, 3.05) is 0 Å². The zero-order valence-electron chi connectivity index (χ0n) is 14.8. The maximum Gasteiger partial charge on any atom is 3.00 e. The van der Waals surface area contributed by atoms with E-state index >= 15 is 0 Å². The van der Waals surface area contributed by atoms with Crippen LogP contribution in [0.3, 0.4) is 0 Å². The number of carboxylic acids is 2. The van der Waals surface area contributed by atoms with Gasteiger partial charge in [-0.05, 0) is 12.8 Å². The van der Waals surface area contributed by atoms with Crippen LogP contribution in [0.25, 0.3) is 0 Å². The van der Waals surface area contributed by atoms with E-state index in [1.807, 2.05) is 0 Å². The molecule has 0 heterocycles. The quantitative estimate of drug-likeness (QED) is 0.242. The molecule has 0 fully saturated rings. The Balaban J connectivity index is -0.0000000831. The molecule has 0 unspecified atom stereocenters. The van der Waals surface area contributed by atoms with Crippen molar-refractivity contribution in [1.82, 2.24) is 0 Å². The van der Waals surface area contributed by atoms with Gasteiger partial charge in [0.25, 0.3) is 0 Å². The van der Waals surface area contributed by atoms with E-state index in [0.29, 0.717) is 12.8 Å². The van der Waals surface area contributed by atoms with E-state index in [2.05, 4.69) is 13.8 Å². The molecule has 0 aliphatic rings. The molecule has 0 aromatic carbocycles. The molecule has 0 aliphatic carbocycles. The second-order valence-corrected chi connectivity index (χ2v) is 5.12. The van der Waals surface area contributed by atoms with E-state index in [9.17, 15) is 9.59 Å². The first-order valence-corrected chi connectivity index (χ1v) is 7.98. The van der Waals surface area contributed by atoms with E-state index in [0.717, 1.165) is 25.7 Å². The van der Waals surface area contributed by atoms with E-state index in [1.165, 1.54) is 38.5 Å². The Hall–Kier alpha value is 0.343. The fourth-order valence-electron chi connectivity index (χ4n) is 1.76. The van der Waals surface area contributed by atoms with Gasteiger partial charge in [0.2, 0.25) is 0 Å². The molecule has 7 heteroatoms. The number of carbonyl (C=O) groups is 2. The van der Waals surface area contributed by atoms with Gasteiger partial charge in [-0.25, -0.2) is 0 Å². The van der Waals surface area contributed by atoms with Crippen LogP contribution >= 0.6 is 9.90 Å². The topological polar surface area (TPSA) is 74.6 Å². The SMILES string of the molecule is CCCCCCCC(=O)O.CCCCCCCC(=O)O.[P+3].[S+2].[Zn+2]. The fourth-order valence-corrected chi connectivity index (χ4v) is 1.76. The van der Waals surface area contributed by atoms with Gasteiger partial charge in [0.05, 0.1) is 0 Å². The number of hydrogen-bond donors (Lipinski definition) is 2. The van der Waals surface area contributed by atoms with Gasteiger partial charge in [-0.2, -0.15) is 0 Å². The Kier molecular flexibility index (Phi) is 45.6. The van der Waals surface area contributed by atoms with Crippen LogP contribution in [-0.4, -0.2) is 22.2 Å². The normalized spacial score (nSPS) is 8.43. The van der Waals surface area contributed by atoms with Crippen molar-refractivity contribution in [3.8, 4) is 0 Å². The molecule has 0 saturated carbocycles. The minimum absolute atomic E-state index is 0. The van der Waals surface area contributed by atoms with E-state index in [-0.39, 0.29) is 42.9 Å². The third-order valence-corrected chi connectivity index (χ3v) is 2.99. The van der Waals surface area contributed by atoms with Crippen LogP contribution < -0.4 is 0 Å². The summed E-state index contributed by atoms with van der Waals surface area (Å²) < 4.78 is 0. The third-order valence-electron chi connectivity index (χ3n) is 2.99. The minimum atomic E-state index is -0.670. The molecule has 0 saturated heterocycles. The van der Waals surface area contributed by atoms with Crippen molar-refractivity contribution >= 4 is 35.3 Å². The molecule has 6 radical (unpaired) electrons. The number of unbranched alkanes of at least 4 members (excludes halogenated alkanes) is 8. The molecule has 23 heavy (non-hydrogen) atoms. The molecular formula is C16H32O4PSZn+7. The van der Waals surface area contributed by atoms with Crippen molar-refractivity contribution in [2.45, 2.75) is 90.9 Å². The third kappa shape index (κ3) is 44.9. The Morgan fingerprint density at radius 2 is 0.913 bits per heavy atom. The average Bonchev–Trinajstić information content (AvgIpc) is 2.38. The van der Waals surface area contributed by atoms with Crippen LogP contribution in [0.4, 0.5) is 0 Å². The molecule has 0 aromatic rings. The molecule has 4 nitrogen and oxygen atoms in total. The summed E-state index contributed by atoms with van der Waals surface area (Å²) in [5, 5.41) is 16.5. The van der Waals surface area contributed by atoms with Crippen LogP contribution in [0.1, 0.15) is 90.9 Å². The first-order chi connectivity index (χ1) is 9.54. The predicted molar refractivity (Wildman–Crippen MR) is 96.3 cm³/mol. The van der Waals surface area contributed by atoms with Gasteiger partial charge < -0.3 is 10.2 Å². The van der Waals surface area contributed by atoms with Crippen molar-refractivity contribution in [3.05, 3.63) is 0 Å². The monoisotopic (exact) mass is 415 g/mol. The van der Waals surface area contributed by atoms with Gasteiger partial charge in [0, 0.05) is 12.8 Å². The summed E-state index contributed by atoms with van der Waals surface area (Å²) in [6.07, 6.45) is 11.8. The van der Waals surface area contributed by atoms with Crippen LogP contribution in [0, 0.1) is 0 Å². The number of carboxylic acid groups (broad SMARTS) is 2. The molecule has 0 amide bonds. The first kappa shape index (κ1) is 34.6. The largest absolute Gasteiger partial charge is 3.00 e. The summed E-state index contributed by atoms with van der Waals surface area (Å²) in [6, 6.07) is 0. The Morgan fingerprint density at radius 1 is 0.652 bits per heavy atom. The van der Waals surface area contributed by atoms with Crippen molar-refractivity contribution < 1.29 is 39.3 Å². The smallest absolute Gasteiger partial charge is 0.481 e. The van der Waals surface area contributed by atoms with Crippen molar-refractivity contribution in [3.63, 3.8) is 0 Å². The summed E-state index contributed by atoms with van der Waals surface area (Å²) in [7, 11) is 0. The molecular weight excluding hydrogens is 385 g/mol. The van der Waals surface area contributed by atoms with E-state index in [4.69, 9.17) is 10.2 Å². The van der Waals surface area contributed by atoms with E-state index < -0.39 is 11.9 Å². The Labute approximate surface area is 165 Å². The molecule has 0 spiro atoms. The molecule has 0 aromatic heterocycles. The first-order valence-electron chi connectivity index (χ1n) is 7.98. The maximum atomic E-state index is 10.0. The van der Waals surface area contributed by atoms with Gasteiger partial charge in [-0.15, -0.1) is 0 Å². The minimum Gasteiger partial charge on any atom is -0.481 e. The summed E-state index contributed by atoms with van der Waals surface area (Å²) >= 11 is 0. The molecule has 126 valence electrons. The van der Waals surface area contributed by atoms with Crippen molar-refractivity contribution in [1.29, 1.82) is 0 Å². The molecule has 0 aliphatic heterocycles. The van der Waals surface area contributed by atoms with Crippen molar-refractivity contribution in [2.24, 2.45) is 0 Å². The second-order valence-electron chi connectivity index (χ2n) is 5.12. The van der Waals surface area contributed by atoms with Gasteiger partial charge in [-0.1, -0.05) is 65.2 Å². The molecule has 0 bridgehead atoms. The van der Waals surface area contributed by atoms with Crippen LogP contribution in [-0.2, 0) is 42.6 Å². The van der Waals surface area contributed by atoms with Gasteiger partial charge in [0.1, 0.15) is 0 Å². The zero-order valence-corrected chi connectivity index (χ0v) is 19.4. The number of rotatable bonds is 12. The zero-order chi connectivity index (χ0) is 15.6. The molecule has 0 rings (SSSR count). The summed E-state index contributed by atoms with van der Waals surface area (Å²) in [5.41, 5.74) is 0. The summed E-state index contributed by atoms with van der Waals surface area (Å²) in [4.78, 5) is 20.1. The van der Waals surface area contributed by atoms with Crippen LogP contribution in [0.5, 0.6) is 0 Å². The maximum absolute atomic E-state index is 10.0. The fraction of sp³-hybridized carbons (Fsp3) is 0.875. The Morgan fingerprint density at radius 3 is 1.13 bits per heavy atom. The van der Waals surface area contributed by atoms with Gasteiger partial charge >= 0.3 is 54.8 Å². The van der Waals surface area contributed by atoms with Gasteiger partial charge in [0.15, 0.2) is 0 Å². The van der Waals surface area contributed by atoms with Gasteiger partial charge in [-0.3, -0.25) is 9.59 Å². The van der Waals surface area contributed by atoms with Crippen LogP contribution in [0.2, 0.25) is 0 Å². The molecule has 2 N–H and O–H groups in total. The second kappa shape index (κ2) is 30.2. The Bertz CT molecular complexity index is 220. The number of aliphatic carboxylic acids is 2. The summed E-state index contributed by atoms with van der Waals surface area (Å²) in [5.74, 6) is -1.34. The van der Waals surface area contributed by atoms with Crippen LogP contribution in [0.15, 0.2) is 0 Å². The standard InChI is InChI=1S/2C8H16O2.P.S.Zn/c2*1-2-3-4-5-6-7-8(9)10;;;/h2*2-7H2,1H3,(H,9,10);;;/q;;+3;2*+2. The van der Waals surface area contributed by atoms with E-state index in [1.54, 1.807) is 0 Å². The average molecular weight is 417 g/mol. The number of hydrogen-bond acceptors (Lipinski definition) is 2. The predicted octanol–water partition coefficient (Wildman–Crippen LogP) is 5.72. The summed E-state index contributed by atoms with van der Waals surface area (Å²) in [6.45, 7) is 4.30. The molecule has 0 atom stereocenters.